The number of nitrogens with one attached hydrogen (secondary N) is 4. The van der Waals surface area contributed by atoms with Crippen LogP contribution in [-0.2, 0) is 15.8 Å². The van der Waals surface area contributed by atoms with Crippen molar-refractivity contribution in [3.05, 3.63) is 77.1 Å². The molecule has 0 aliphatic carbocycles. The Morgan fingerprint density at radius 1 is 0.872 bits per heavy atom. The fourth-order valence-corrected chi connectivity index (χ4v) is 3.15. The van der Waals surface area contributed by atoms with Gasteiger partial charge in [0.05, 0.1) is 17.0 Å². The Morgan fingerprint density at radius 3 is 2.21 bits per heavy atom. The molecule has 2 aromatic carbocycles. The third kappa shape index (κ3) is 8.89. The number of hydrazine groups is 1. The lowest BCUT2D eigenvalue weighted by Gasteiger charge is -2.12. The quantitative estimate of drug-likeness (QED) is 0.245. The largest absolute Gasteiger partial charge is 0.481 e. The average Bonchev–Trinajstić information content (AvgIpc) is 2.87. The molecule has 0 bridgehead atoms. The Hall–Kier alpha value is -4.85. The van der Waals surface area contributed by atoms with Gasteiger partial charge in [-0.25, -0.2) is 4.79 Å². The van der Waals surface area contributed by atoms with Crippen LogP contribution in [0.4, 0.5) is 29.3 Å². The Morgan fingerprint density at radius 2 is 1.54 bits per heavy atom. The Balaban J connectivity index is 1.55. The molecule has 0 unspecified atom stereocenters. The molecule has 0 atom stereocenters. The summed E-state index contributed by atoms with van der Waals surface area (Å²) in [6, 6.07) is 10.9. The molecule has 15 heteroatoms. The predicted molar refractivity (Wildman–Crippen MR) is 132 cm³/mol. The van der Waals surface area contributed by atoms with Crippen molar-refractivity contribution in [2.75, 3.05) is 10.6 Å². The number of rotatable bonds is 8. The first-order valence-electron chi connectivity index (χ1n) is 10.9. The van der Waals surface area contributed by atoms with Gasteiger partial charge in [0.25, 0.3) is 5.91 Å². The molecule has 0 saturated carbocycles. The number of ether oxygens (including phenoxy) is 1. The van der Waals surface area contributed by atoms with E-state index in [1.807, 2.05) is 0 Å². The number of amides is 4. The summed E-state index contributed by atoms with van der Waals surface area (Å²) in [7, 11) is 0. The van der Waals surface area contributed by atoms with Gasteiger partial charge in [0.1, 0.15) is 17.2 Å². The van der Waals surface area contributed by atoms with Gasteiger partial charge in [0.15, 0.2) is 0 Å². The van der Waals surface area contributed by atoms with Crippen LogP contribution in [-0.4, -0.2) is 33.9 Å². The molecule has 1 aromatic heterocycles. The number of aliphatic carboxylic acids is 1. The monoisotopic (exact) mass is 565 g/mol. The Labute approximate surface area is 223 Å². The summed E-state index contributed by atoms with van der Waals surface area (Å²) in [5.74, 6) is -2.09. The number of halogens is 4. The number of benzene rings is 2. The van der Waals surface area contributed by atoms with Crippen LogP contribution in [0, 0.1) is 0 Å². The van der Waals surface area contributed by atoms with Crippen molar-refractivity contribution < 1.29 is 42.2 Å². The molecule has 11 nitrogen and oxygen atoms in total. The maximum absolute atomic E-state index is 13.0. The van der Waals surface area contributed by atoms with Gasteiger partial charge in [-0.05, 0) is 48.5 Å². The van der Waals surface area contributed by atoms with Crippen molar-refractivity contribution in [2.24, 2.45) is 0 Å². The van der Waals surface area contributed by atoms with Crippen molar-refractivity contribution in [3.8, 4) is 11.5 Å². The van der Waals surface area contributed by atoms with Gasteiger partial charge in [0, 0.05) is 30.1 Å². The topological polar surface area (TPSA) is 159 Å². The molecule has 5 N–H and O–H groups in total. The molecule has 0 radical (unpaired) electrons. The Kier molecular flexibility index (Phi) is 9.28. The van der Waals surface area contributed by atoms with Crippen LogP contribution < -0.4 is 26.2 Å². The number of anilines is 2. The zero-order valence-corrected chi connectivity index (χ0v) is 20.4. The van der Waals surface area contributed by atoms with E-state index in [9.17, 15) is 32.3 Å². The van der Waals surface area contributed by atoms with Gasteiger partial charge in [-0.3, -0.25) is 30.2 Å². The first-order valence-corrected chi connectivity index (χ1v) is 11.3. The van der Waals surface area contributed by atoms with Crippen LogP contribution in [0.1, 0.15) is 28.9 Å². The van der Waals surface area contributed by atoms with Crippen LogP contribution in [0.3, 0.4) is 0 Å². The summed E-state index contributed by atoms with van der Waals surface area (Å²) >= 11 is 5.57. The molecule has 3 rings (SSSR count). The number of hydrogen-bond acceptors (Lipinski definition) is 6. The zero-order valence-electron chi connectivity index (χ0n) is 19.6. The summed E-state index contributed by atoms with van der Waals surface area (Å²) < 4.78 is 44.7. The molecular weight excluding hydrogens is 547 g/mol. The second-order valence-electron chi connectivity index (χ2n) is 7.67. The summed E-state index contributed by atoms with van der Waals surface area (Å²) in [6.45, 7) is 0. The van der Waals surface area contributed by atoms with Crippen molar-refractivity contribution in [3.63, 3.8) is 0 Å². The maximum Gasteiger partial charge on any atom is 0.417 e. The third-order valence-electron chi connectivity index (χ3n) is 4.72. The van der Waals surface area contributed by atoms with Crippen molar-refractivity contribution in [1.82, 2.24) is 15.8 Å². The number of carboxylic acids is 1. The van der Waals surface area contributed by atoms with Crippen LogP contribution in [0.2, 0.25) is 5.02 Å². The van der Waals surface area contributed by atoms with Crippen LogP contribution in [0.25, 0.3) is 0 Å². The summed E-state index contributed by atoms with van der Waals surface area (Å²) in [6.07, 6.45) is -4.11. The summed E-state index contributed by atoms with van der Waals surface area (Å²) in [5, 5.41) is 12.8. The summed E-state index contributed by atoms with van der Waals surface area (Å²) in [4.78, 5) is 50.3. The lowest BCUT2D eigenvalue weighted by Crippen LogP contribution is -2.42. The highest BCUT2D eigenvalue weighted by molar-refractivity contribution is 6.31. The molecule has 4 amide bonds. The van der Waals surface area contributed by atoms with E-state index < -0.39 is 47.0 Å². The molecule has 1 heterocycles. The SMILES string of the molecule is O=C(O)CCC(=O)NNC(=O)c1cc(Oc2ccc(NC(=O)Nc3ccc(Cl)c(C(F)(F)F)c3)cc2)ccn1. The first kappa shape index (κ1) is 28.7. The molecule has 0 fully saturated rings. The number of carbonyl (C=O) groups excluding carboxylic acids is 3. The fourth-order valence-electron chi connectivity index (χ4n) is 2.93. The predicted octanol–water partition coefficient (Wildman–Crippen LogP) is 4.82. The zero-order chi connectivity index (χ0) is 28.6. The fraction of sp³-hybridized carbons (Fsp3) is 0.125. The van der Waals surface area contributed by atoms with E-state index in [4.69, 9.17) is 21.4 Å². The average molecular weight is 566 g/mol. The van der Waals surface area contributed by atoms with Gasteiger partial charge >= 0.3 is 18.2 Å². The highest BCUT2D eigenvalue weighted by atomic mass is 35.5. The molecule has 204 valence electrons. The number of hydrogen-bond donors (Lipinski definition) is 5. The van der Waals surface area contributed by atoms with Gasteiger partial charge in [-0.15, -0.1) is 0 Å². The number of aromatic nitrogens is 1. The smallest absolute Gasteiger partial charge is 0.417 e. The molecular formula is C24H19ClF3N5O6. The van der Waals surface area contributed by atoms with E-state index in [0.717, 1.165) is 12.1 Å². The number of nitrogens with zero attached hydrogens (tertiary/aromatic N) is 1. The van der Waals surface area contributed by atoms with Crippen LogP contribution >= 0.6 is 11.6 Å². The molecule has 0 aliphatic rings. The maximum atomic E-state index is 13.0. The second-order valence-corrected chi connectivity index (χ2v) is 8.08. The first-order chi connectivity index (χ1) is 18.4. The molecule has 0 saturated heterocycles. The lowest BCUT2D eigenvalue weighted by atomic mass is 10.2. The van der Waals surface area contributed by atoms with Crippen LogP contribution in [0.15, 0.2) is 60.8 Å². The molecule has 3 aromatic rings. The van der Waals surface area contributed by atoms with E-state index in [2.05, 4.69) is 26.5 Å². The minimum atomic E-state index is -4.68. The van der Waals surface area contributed by atoms with E-state index in [1.54, 1.807) is 0 Å². The van der Waals surface area contributed by atoms with Crippen molar-refractivity contribution in [2.45, 2.75) is 19.0 Å². The van der Waals surface area contributed by atoms with Crippen molar-refractivity contribution >= 4 is 46.8 Å². The number of carbonyl (C=O) groups is 4. The minimum absolute atomic E-state index is 0.100. The second kappa shape index (κ2) is 12.6. The number of pyridine rings is 1. The molecule has 39 heavy (non-hydrogen) atoms. The number of alkyl halides is 3. The normalized spacial score (nSPS) is 10.8. The van der Waals surface area contributed by atoms with Crippen LogP contribution in [0.5, 0.6) is 11.5 Å². The molecule has 0 spiro atoms. The van der Waals surface area contributed by atoms with E-state index >= 15 is 0 Å². The molecule has 0 aliphatic heterocycles. The van der Waals surface area contributed by atoms with E-state index in [1.165, 1.54) is 48.7 Å². The minimum Gasteiger partial charge on any atom is -0.481 e. The van der Waals surface area contributed by atoms with Gasteiger partial charge < -0.3 is 20.5 Å². The number of urea groups is 1. The highest BCUT2D eigenvalue weighted by Gasteiger charge is 2.33. The van der Waals surface area contributed by atoms with Crippen molar-refractivity contribution in [1.29, 1.82) is 0 Å². The summed E-state index contributed by atoms with van der Waals surface area (Å²) in [5.41, 5.74) is 3.20. The van der Waals surface area contributed by atoms with Gasteiger partial charge in [-0.2, -0.15) is 13.2 Å². The third-order valence-corrected chi connectivity index (χ3v) is 5.05. The standard InChI is InChI=1S/C24H19ClF3N5O6/c25-18-6-3-14(11-17(18)24(26,27)28)31-23(38)30-13-1-4-15(5-2-13)39-16-9-10-29-19(12-16)22(37)33-32-20(34)7-8-21(35)36/h1-6,9-12H,7-8H2,(H,32,34)(H,33,37)(H,35,36)(H2,30,31,38). The number of carboxylic acid groups (broad SMARTS) is 1. The lowest BCUT2D eigenvalue weighted by molar-refractivity contribution is -0.139. The van der Waals surface area contributed by atoms with Gasteiger partial charge in [-0.1, -0.05) is 11.6 Å². The van der Waals surface area contributed by atoms with E-state index in [0.29, 0.717) is 11.4 Å². The van der Waals surface area contributed by atoms with E-state index in [-0.39, 0.29) is 23.6 Å². The van der Waals surface area contributed by atoms with Gasteiger partial charge in [0.2, 0.25) is 5.91 Å². The Bertz CT molecular complexity index is 1390. The highest BCUT2D eigenvalue weighted by Crippen LogP contribution is 2.36.